The molecule has 1 amide bonds. The van der Waals surface area contributed by atoms with Gasteiger partial charge in [0.15, 0.2) is 11.5 Å². The molecule has 0 spiro atoms. The van der Waals surface area contributed by atoms with E-state index in [2.05, 4.69) is 15.5 Å². The number of aromatic nitrogens is 3. The molecule has 1 fully saturated rings. The van der Waals surface area contributed by atoms with Crippen molar-refractivity contribution in [1.82, 2.24) is 24.2 Å². The first-order chi connectivity index (χ1) is 13.9. The second kappa shape index (κ2) is 7.88. The lowest BCUT2D eigenvalue weighted by molar-refractivity contribution is -0.126. The van der Waals surface area contributed by atoms with Crippen molar-refractivity contribution in [2.45, 2.75) is 24.3 Å². The zero-order valence-corrected chi connectivity index (χ0v) is 16.3. The van der Waals surface area contributed by atoms with Crippen LogP contribution in [-0.2, 0) is 21.4 Å². The maximum Gasteiger partial charge on any atom is 0.243 e. The zero-order chi connectivity index (χ0) is 20.4. The molecule has 0 bridgehead atoms. The van der Waals surface area contributed by atoms with E-state index in [1.165, 1.54) is 16.4 Å². The van der Waals surface area contributed by atoms with Gasteiger partial charge in [0.2, 0.25) is 15.9 Å². The molecule has 3 heterocycles. The van der Waals surface area contributed by atoms with Crippen molar-refractivity contribution in [3.8, 4) is 0 Å². The molecule has 1 aromatic carbocycles. The van der Waals surface area contributed by atoms with E-state index >= 15 is 0 Å². The first-order valence-electron chi connectivity index (χ1n) is 9.27. The number of sulfonamides is 1. The van der Waals surface area contributed by atoms with Crippen LogP contribution < -0.4 is 5.32 Å². The van der Waals surface area contributed by atoms with Gasteiger partial charge in [0, 0.05) is 19.3 Å². The Bertz CT molecular complexity index is 1130. The van der Waals surface area contributed by atoms with Crippen LogP contribution in [0, 0.1) is 11.7 Å². The molecule has 0 unspecified atom stereocenters. The van der Waals surface area contributed by atoms with E-state index in [0.29, 0.717) is 30.9 Å². The number of piperidine rings is 1. The summed E-state index contributed by atoms with van der Waals surface area (Å²) in [5.74, 6) is -0.587. The van der Waals surface area contributed by atoms with Crippen LogP contribution in [0.2, 0.25) is 0 Å². The summed E-state index contributed by atoms with van der Waals surface area (Å²) in [5, 5.41) is 10.9. The van der Waals surface area contributed by atoms with Crippen LogP contribution in [0.15, 0.2) is 53.6 Å². The zero-order valence-electron chi connectivity index (χ0n) is 15.5. The fraction of sp³-hybridized carbons (Fsp3) is 0.316. The van der Waals surface area contributed by atoms with Gasteiger partial charge < -0.3 is 5.32 Å². The van der Waals surface area contributed by atoms with Gasteiger partial charge in [-0.25, -0.2) is 12.8 Å². The Morgan fingerprint density at radius 2 is 1.97 bits per heavy atom. The van der Waals surface area contributed by atoms with Crippen LogP contribution in [0.5, 0.6) is 0 Å². The molecule has 8 nitrogen and oxygen atoms in total. The highest BCUT2D eigenvalue weighted by atomic mass is 32.2. The molecule has 10 heteroatoms. The van der Waals surface area contributed by atoms with Gasteiger partial charge in [-0.2, -0.15) is 4.31 Å². The third kappa shape index (κ3) is 3.99. The minimum atomic E-state index is -3.77. The molecule has 152 valence electrons. The van der Waals surface area contributed by atoms with Crippen LogP contribution in [0.1, 0.15) is 18.7 Å². The third-order valence-corrected chi connectivity index (χ3v) is 6.89. The molecule has 1 N–H and O–H groups in total. The summed E-state index contributed by atoms with van der Waals surface area (Å²) in [7, 11) is -3.77. The minimum absolute atomic E-state index is 0.0230. The lowest BCUT2D eigenvalue weighted by Crippen LogP contribution is -2.45. The number of rotatable bonds is 5. The van der Waals surface area contributed by atoms with Crippen molar-refractivity contribution >= 4 is 21.6 Å². The number of nitrogens with one attached hydrogen (secondary N) is 1. The van der Waals surface area contributed by atoms with Crippen LogP contribution >= 0.6 is 0 Å². The van der Waals surface area contributed by atoms with Crippen molar-refractivity contribution in [3.63, 3.8) is 0 Å². The standard InChI is InChI=1S/C19H20FN5O3S/c20-15-6-8-16(9-7-15)29(27,28)24-10-3-4-14(13-24)19(26)21-12-18-23-22-17-5-1-2-11-25(17)18/h1-2,5-9,11,14H,3-4,10,12-13H2,(H,21,26)/t14-/m0/s1. The summed E-state index contributed by atoms with van der Waals surface area (Å²) in [6.07, 6.45) is 2.99. The fourth-order valence-electron chi connectivity index (χ4n) is 3.45. The van der Waals surface area contributed by atoms with E-state index in [0.717, 1.165) is 12.1 Å². The summed E-state index contributed by atoms with van der Waals surface area (Å²) in [5.41, 5.74) is 0.686. The quantitative estimate of drug-likeness (QED) is 0.680. The molecule has 0 aliphatic carbocycles. The summed E-state index contributed by atoms with van der Waals surface area (Å²) in [6.45, 7) is 0.621. The molecule has 0 saturated carbocycles. The smallest absolute Gasteiger partial charge is 0.243 e. The average molecular weight is 417 g/mol. The number of pyridine rings is 1. The lowest BCUT2D eigenvalue weighted by atomic mass is 9.99. The minimum Gasteiger partial charge on any atom is -0.349 e. The molecule has 1 saturated heterocycles. The number of carbonyl (C=O) groups is 1. The number of nitrogens with zero attached hydrogens (tertiary/aromatic N) is 4. The van der Waals surface area contributed by atoms with Gasteiger partial charge in [0.1, 0.15) is 5.82 Å². The van der Waals surface area contributed by atoms with Crippen LogP contribution in [-0.4, -0.2) is 46.3 Å². The molecular formula is C19H20FN5O3S. The molecule has 0 radical (unpaired) electrons. The van der Waals surface area contributed by atoms with Gasteiger partial charge in [-0.05, 0) is 49.2 Å². The Hall–Kier alpha value is -2.85. The summed E-state index contributed by atoms with van der Waals surface area (Å²) in [4.78, 5) is 12.7. The van der Waals surface area contributed by atoms with Gasteiger partial charge >= 0.3 is 0 Å². The van der Waals surface area contributed by atoms with Crippen LogP contribution in [0.3, 0.4) is 0 Å². The number of fused-ring (bicyclic) bond motifs is 1. The van der Waals surface area contributed by atoms with Crippen molar-refractivity contribution in [3.05, 3.63) is 60.3 Å². The monoisotopic (exact) mass is 417 g/mol. The predicted molar refractivity (Wildman–Crippen MR) is 103 cm³/mol. The van der Waals surface area contributed by atoms with E-state index in [9.17, 15) is 17.6 Å². The van der Waals surface area contributed by atoms with Crippen molar-refractivity contribution in [1.29, 1.82) is 0 Å². The van der Waals surface area contributed by atoms with E-state index in [-0.39, 0.29) is 23.9 Å². The Morgan fingerprint density at radius 1 is 1.17 bits per heavy atom. The van der Waals surface area contributed by atoms with Gasteiger partial charge in [-0.15, -0.1) is 10.2 Å². The second-order valence-electron chi connectivity index (χ2n) is 6.92. The highest BCUT2D eigenvalue weighted by molar-refractivity contribution is 7.89. The molecule has 4 rings (SSSR count). The number of hydrogen-bond acceptors (Lipinski definition) is 5. The fourth-order valence-corrected chi connectivity index (χ4v) is 4.98. The molecular weight excluding hydrogens is 397 g/mol. The second-order valence-corrected chi connectivity index (χ2v) is 8.86. The van der Waals surface area contributed by atoms with E-state index in [1.807, 2.05) is 24.4 Å². The van der Waals surface area contributed by atoms with Crippen LogP contribution in [0.25, 0.3) is 5.65 Å². The number of hydrogen-bond donors (Lipinski definition) is 1. The van der Waals surface area contributed by atoms with Crippen molar-refractivity contribution in [2.24, 2.45) is 5.92 Å². The Balaban J connectivity index is 1.42. The topological polar surface area (TPSA) is 96.7 Å². The van der Waals surface area contributed by atoms with E-state index < -0.39 is 21.8 Å². The van der Waals surface area contributed by atoms with Gasteiger partial charge in [0.25, 0.3) is 0 Å². The SMILES string of the molecule is O=C(NCc1nnc2ccccn12)[C@H]1CCCN(S(=O)(=O)c2ccc(F)cc2)C1. The van der Waals surface area contributed by atoms with Crippen molar-refractivity contribution < 1.29 is 17.6 Å². The normalized spacial score (nSPS) is 18.0. The summed E-state index contributed by atoms with van der Waals surface area (Å²) in [6, 6.07) is 10.2. The van der Waals surface area contributed by atoms with E-state index in [1.54, 1.807) is 4.40 Å². The number of carbonyl (C=O) groups excluding carboxylic acids is 1. The Morgan fingerprint density at radius 3 is 2.76 bits per heavy atom. The summed E-state index contributed by atoms with van der Waals surface area (Å²) < 4.78 is 41.8. The maximum absolute atomic E-state index is 13.1. The highest BCUT2D eigenvalue weighted by Crippen LogP contribution is 2.24. The molecule has 1 aliphatic heterocycles. The molecule has 29 heavy (non-hydrogen) atoms. The Labute approximate surface area is 167 Å². The van der Waals surface area contributed by atoms with Gasteiger partial charge in [-0.1, -0.05) is 6.07 Å². The first kappa shape index (κ1) is 19.5. The van der Waals surface area contributed by atoms with Gasteiger partial charge in [0.05, 0.1) is 17.4 Å². The maximum atomic E-state index is 13.1. The Kier molecular flexibility index (Phi) is 5.29. The van der Waals surface area contributed by atoms with Crippen molar-refractivity contribution in [2.75, 3.05) is 13.1 Å². The number of amides is 1. The lowest BCUT2D eigenvalue weighted by Gasteiger charge is -2.31. The number of halogens is 1. The third-order valence-electron chi connectivity index (χ3n) is 5.01. The molecule has 1 atom stereocenters. The first-order valence-corrected chi connectivity index (χ1v) is 10.7. The highest BCUT2D eigenvalue weighted by Gasteiger charge is 2.33. The van der Waals surface area contributed by atoms with E-state index in [4.69, 9.17) is 0 Å². The largest absolute Gasteiger partial charge is 0.349 e. The average Bonchev–Trinajstić information content (AvgIpc) is 3.15. The summed E-state index contributed by atoms with van der Waals surface area (Å²) >= 11 is 0. The molecule has 2 aromatic heterocycles. The molecule has 3 aromatic rings. The van der Waals surface area contributed by atoms with Gasteiger partial charge in [-0.3, -0.25) is 9.20 Å². The predicted octanol–water partition coefficient (Wildman–Crippen LogP) is 1.59. The van der Waals surface area contributed by atoms with Crippen LogP contribution in [0.4, 0.5) is 4.39 Å². The number of benzene rings is 1. The molecule has 1 aliphatic rings.